The van der Waals surface area contributed by atoms with Crippen molar-refractivity contribution in [3.05, 3.63) is 77.9 Å². The summed E-state index contributed by atoms with van der Waals surface area (Å²) in [6, 6.07) is 15.5. The lowest BCUT2D eigenvalue weighted by molar-refractivity contribution is 0.102. The Balaban J connectivity index is 1.70. The van der Waals surface area contributed by atoms with Gasteiger partial charge in [0.05, 0.1) is 13.2 Å². The maximum absolute atomic E-state index is 12.8. The molecule has 2 aromatic carbocycles. The molecule has 0 aliphatic carbocycles. The van der Waals surface area contributed by atoms with E-state index in [0.29, 0.717) is 35.8 Å². The molecule has 8 nitrogen and oxygen atoms in total. The van der Waals surface area contributed by atoms with Gasteiger partial charge in [-0.15, -0.1) is 0 Å². The summed E-state index contributed by atoms with van der Waals surface area (Å²) in [5.41, 5.74) is 4.71. The lowest BCUT2D eigenvalue weighted by Crippen LogP contribution is -2.40. The summed E-state index contributed by atoms with van der Waals surface area (Å²) >= 11 is 0. The molecule has 42 heavy (non-hydrogen) atoms. The Kier molecular flexibility index (Phi) is 8.94. The Hall–Kier alpha value is -3.19. The molecule has 2 heterocycles. The van der Waals surface area contributed by atoms with Gasteiger partial charge in [-0.05, 0) is 71.7 Å². The smallest absolute Gasteiger partial charge is 0.256 e. The van der Waals surface area contributed by atoms with Crippen molar-refractivity contribution in [3.8, 4) is 5.69 Å². The van der Waals surface area contributed by atoms with Crippen LogP contribution in [0, 0.1) is 0 Å². The fourth-order valence-electron chi connectivity index (χ4n) is 3.89. The van der Waals surface area contributed by atoms with E-state index >= 15 is 0 Å². The quantitative estimate of drug-likeness (QED) is 0.194. The Morgan fingerprint density at radius 1 is 0.810 bits per heavy atom. The van der Waals surface area contributed by atoms with Crippen LogP contribution in [0.2, 0.25) is 36.3 Å². The fourth-order valence-corrected chi connectivity index (χ4v) is 5.81. The van der Waals surface area contributed by atoms with Gasteiger partial charge >= 0.3 is 0 Å². The highest BCUT2D eigenvalue weighted by Gasteiger charge is 2.38. The first-order valence-electron chi connectivity index (χ1n) is 14.4. The second-order valence-corrected chi connectivity index (χ2v) is 23.6. The highest BCUT2D eigenvalue weighted by atomic mass is 28.4. The molecule has 224 valence electrons. The second kappa shape index (κ2) is 11.8. The predicted octanol–water partition coefficient (Wildman–Crippen LogP) is 8.11. The summed E-state index contributed by atoms with van der Waals surface area (Å²) in [6.45, 7) is 23.6. The summed E-state index contributed by atoms with van der Waals surface area (Å²) < 4.78 is 15.1. The van der Waals surface area contributed by atoms with Crippen LogP contribution in [0.25, 0.3) is 16.9 Å². The molecule has 0 fully saturated rings. The number of anilines is 1. The van der Waals surface area contributed by atoms with Gasteiger partial charge in [-0.25, -0.2) is 15.0 Å². The Morgan fingerprint density at radius 2 is 1.36 bits per heavy atom. The molecule has 2 aromatic heterocycles. The summed E-state index contributed by atoms with van der Waals surface area (Å²) in [6.07, 6.45) is 3.18. The Morgan fingerprint density at radius 3 is 1.88 bits per heavy atom. The van der Waals surface area contributed by atoms with Crippen molar-refractivity contribution in [2.24, 2.45) is 0 Å². The van der Waals surface area contributed by atoms with Gasteiger partial charge in [0.2, 0.25) is 0 Å². The predicted molar refractivity (Wildman–Crippen MR) is 175 cm³/mol. The SMILES string of the molecule is CC(C)(C)[Si](C)(C)OCc1cc(CO[Si](C)(C)C(C)(C)C)cc(-n2cnc3c(NC(=O)c4ccccc4)ncnc32)c1. The average Bonchev–Trinajstić information content (AvgIpc) is 3.35. The van der Waals surface area contributed by atoms with Crippen LogP contribution in [0.15, 0.2) is 61.2 Å². The van der Waals surface area contributed by atoms with E-state index in [9.17, 15) is 4.79 Å². The molecule has 0 spiro atoms. The van der Waals surface area contributed by atoms with E-state index < -0.39 is 16.6 Å². The molecule has 0 aliphatic rings. The molecule has 0 saturated carbocycles. The number of carbonyl (C=O) groups excluding carboxylic acids is 1. The highest BCUT2D eigenvalue weighted by Crippen LogP contribution is 2.38. The number of hydrogen-bond donors (Lipinski definition) is 1. The van der Waals surface area contributed by atoms with Gasteiger partial charge in [-0.3, -0.25) is 9.36 Å². The van der Waals surface area contributed by atoms with E-state index in [1.165, 1.54) is 6.33 Å². The van der Waals surface area contributed by atoms with Crippen molar-refractivity contribution in [2.45, 2.75) is 91.0 Å². The number of rotatable bonds is 9. The molecule has 0 unspecified atom stereocenters. The number of hydrogen-bond acceptors (Lipinski definition) is 6. The molecule has 0 bridgehead atoms. The molecule has 1 N–H and O–H groups in total. The van der Waals surface area contributed by atoms with E-state index in [1.54, 1.807) is 18.5 Å². The number of fused-ring (bicyclic) bond motifs is 1. The van der Waals surface area contributed by atoms with Crippen LogP contribution < -0.4 is 5.32 Å². The van der Waals surface area contributed by atoms with Crippen molar-refractivity contribution < 1.29 is 13.6 Å². The third kappa shape index (κ3) is 7.05. The maximum Gasteiger partial charge on any atom is 0.256 e. The first kappa shape index (κ1) is 31.7. The number of imidazole rings is 1. The van der Waals surface area contributed by atoms with E-state index in [4.69, 9.17) is 8.85 Å². The van der Waals surface area contributed by atoms with Gasteiger partial charge in [-0.2, -0.15) is 0 Å². The van der Waals surface area contributed by atoms with Crippen LogP contribution in [0.4, 0.5) is 5.82 Å². The second-order valence-electron chi connectivity index (χ2n) is 13.9. The molecule has 4 aromatic rings. The normalized spacial score (nSPS) is 13.0. The summed E-state index contributed by atoms with van der Waals surface area (Å²) in [4.78, 5) is 26.3. The molecule has 0 aliphatic heterocycles. The molecule has 0 radical (unpaired) electrons. The first-order chi connectivity index (χ1) is 19.5. The van der Waals surface area contributed by atoms with E-state index in [0.717, 1.165) is 16.8 Å². The number of aromatic nitrogens is 4. The average molecular weight is 604 g/mol. The van der Waals surface area contributed by atoms with Crippen molar-refractivity contribution in [1.29, 1.82) is 0 Å². The third-order valence-corrected chi connectivity index (χ3v) is 17.7. The minimum absolute atomic E-state index is 0.108. The number of carbonyl (C=O) groups is 1. The molecule has 0 atom stereocenters. The van der Waals surface area contributed by atoms with Gasteiger partial charge in [0.1, 0.15) is 12.7 Å². The largest absolute Gasteiger partial charge is 0.413 e. The lowest BCUT2D eigenvalue weighted by atomic mass is 10.1. The minimum Gasteiger partial charge on any atom is -0.413 e. The van der Waals surface area contributed by atoms with Gasteiger partial charge in [0, 0.05) is 11.3 Å². The third-order valence-electron chi connectivity index (χ3n) is 8.73. The number of benzene rings is 2. The Labute approximate surface area is 252 Å². The molecular weight excluding hydrogens is 559 g/mol. The van der Waals surface area contributed by atoms with Gasteiger partial charge in [-0.1, -0.05) is 65.8 Å². The van der Waals surface area contributed by atoms with E-state index in [-0.39, 0.29) is 16.0 Å². The first-order valence-corrected chi connectivity index (χ1v) is 20.3. The lowest BCUT2D eigenvalue weighted by Gasteiger charge is -2.36. The Bertz CT molecular complexity index is 1510. The molecular formula is C32H45N5O3Si2. The topological polar surface area (TPSA) is 91.2 Å². The molecule has 10 heteroatoms. The fraction of sp³-hybridized carbons (Fsp3) is 0.438. The summed E-state index contributed by atoms with van der Waals surface area (Å²) in [7, 11) is -3.92. The molecule has 4 rings (SSSR count). The van der Waals surface area contributed by atoms with Crippen LogP contribution in [-0.4, -0.2) is 42.1 Å². The molecule has 1 amide bonds. The standard InChI is InChI=1S/C32H45N5O3Si2/c1-31(2,3)41(7,8)39-19-23-16-24(20-40-42(9,10)32(4,5)6)18-26(17-23)37-22-35-27-28(33-21-34-29(27)37)36-30(38)25-14-12-11-13-15-25/h11-18,21-22H,19-20H2,1-10H3,(H,33,34,36,38). The van der Waals surface area contributed by atoms with Gasteiger partial charge in [0.15, 0.2) is 33.6 Å². The summed E-state index contributed by atoms with van der Waals surface area (Å²) in [5.74, 6) is 0.117. The summed E-state index contributed by atoms with van der Waals surface area (Å²) in [5, 5.41) is 3.11. The van der Waals surface area contributed by atoms with Crippen LogP contribution >= 0.6 is 0 Å². The monoisotopic (exact) mass is 603 g/mol. The van der Waals surface area contributed by atoms with Crippen LogP contribution in [0.3, 0.4) is 0 Å². The van der Waals surface area contributed by atoms with Crippen molar-refractivity contribution in [1.82, 2.24) is 19.5 Å². The van der Waals surface area contributed by atoms with Gasteiger partial charge in [0.25, 0.3) is 5.91 Å². The number of amides is 1. The van der Waals surface area contributed by atoms with Crippen LogP contribution in [0.5, 0.6) is 0 Å². The van der Waals surface area contributed by atoms with E-state index in [2.05, 4.69) is 106 Å². The van der Waals surface area contributed by atoms with Crippen LogP contribution in [0.1, 0.15) is 63.0 Å². The van der Waals surface area contributed by atoms with Crippen molar-refractivity contribution in [3.63, 3.8) is 0 Å². The zero-order valence-corrected chi connectivity index (χ0v) is 28.7. The zero-order valence-electron chi connectivity index (χ0n) is 26.7. The number of nitrogens with one attached hydrogen (secondary N) is 1. The van der Waals surface area contributed by atoms with Crippen molar-refractivity contribution in [2.75, 3.05) is 5.32 Å². The highest BCUT2D eigenvalue weighted by molar-refractivity contribution is 6.74. The molecule has 0 saturated heterocycles. The van der Waals surface area contributed by atoms with Gasteiger partial charge < -0.3 is 14.2 Å². The van der Waals surface area contributed by atoms with Crippen molar-refractivity contribution >= 4 is 39.5 Å². The van der Waals surface area contributed by atoms with Crippen LogP contribution in [-0.2, 0) is 22.1 Å². The minimum atomic E-state index is -1.96. The zero-order chi connectivity index (χ0) is 30.9. The maximum atomic E-state index is 12.8. The van der Waals surface area contributed by atoms with E-state index in [1.807, 2.05) is 22.8 Å². The number of nitrogens with zero attached hydrogens (tertiary/aromatic N) is 4.